The van der Waals surface area contributed by atoms with Gasteiger partial charge in [-0.3, -0.25) is 10.1 Å². The normalized spacial score (nSPS) is 10.5. The molecule has 6 nitrogen and oxygen atoms in total. The molecular weight excluding hydrogens is 244 g/mol. The third-order valence-electron chi connectivity index (χ3n) is 2.33. The first kappa shape index (κ1) is 11.5. The van der Waals surface area contributed by atoms with Gasteiger partial charge in [0.05, 0.1) is 28.4 Å². The number of hydrogen-bond acceptors (Lipinski definition) is 4. The largest absolute Gasteiger partial charge is 0.274 e. The second kappa shape index (κ2) is 4.50. The first-order valence-electron chi connectivity index (χ1n) is 4.84. The maximum atomic E-state index is 10.8. The van der Waals surface area contributed by atoms with Crippen LogP contribution in [0.4, 0.5) is 5.69 Å². The maximum Gasteiger partial charge on any atom is 0.274 e. The number of benzene rings is 1. The Bertz CT molecular complexity index is 567. The molecule has 0 atom stereocenters. The van der Waals surface area contributed by atoms with Gasteiger partial charge in [0.1, 0.15) is 0 Å². The second-order valence-electron chi connectivity index (χ2n) is 3.52. The van der Waals surface area contributed by atoms with Crippen LogP contribution < -0.4 is 0 Å². The summed E-state index contributed by atoms with van der Waals surface area (Å²) in [5.74, 6) is 0.258. The summed E-state index contributed by atoms with van der Waals surface area (Å²) in [6.07, 6.45) is 1.64. The Hall–Kier alpha value is -1.95. The van der Waals surface area contributed by atoms with Crippen LogP contribution in [0.2, 0.25) is 0 Å². The number of nitrogens with zero attached hydrogens (tertiary/aromatic N) is 4. The van der Waals surface area contributed by atoms with Crippen molar-refractivity contribution in [2.45, 2.75) is 12.8 Å². The molecule has 0 spiro atoms. The van der Waals surface area contributed by atoms with E-state index in [2.05, 4.69) is 10.3 Å². The SMILES string of the molecule is Cc1ccc(-n2cc(CCl)nn2)cc1[N+](=O)[O-]. The van der Waals surface area contributed by atoms with Gasteiger partial charge in [-0.1, -0.05) is 11.3 Å². The lowest BCUT2D eigenvalue weighted by Crippen LogP contribution is -1.98. The summed E-state index contributed by atoms with van der Waals surface area (Å²) in [6, 6.07) is 4.88. The van der Waals surface area contributed by atoms with E-state index in [1.54, 1.807) is 25.3 Å². The third kappa shape index (κ3) is 2.26. The Labute approximate surface area is 102 Å². The van der Waals surface area contributed by atoms with Crippen molar-refractivity contribution in [2.75, 3.05) is 0 Å². The molecule has 0 aliphatic heterocycles. The average molecular weight is 253 g/mol. The summed E-state index contributed by atoms with van der Waals surface area (Å²) < 4.78 is 1.46. The van der Waals surface area contributed by atoms with E-state index >= 15 is 0 Å². The van der Waals surface area contributed by atoms with Gasteiger partial charge in [-0.15, -0.1) is 16.7 Å². The van der Waals surface area contributed by atoms with E-state index in [9.17, 15) is 10.1 Å². The number of nitro groups is 1. The van der Waals surface area contributed by atoms with Gasteiger partial charge in [0.2, 0.25) is 0 Å². The lowest BCUT2D eigenvalue weighted by molar-refractivity contribution is -0.385. The molecule has 2 rings (SSSR count). The van der Waals surface area contributed by atoms with Gasteiger partial charge in [0.15, 0.2) is 0 Å². The average Bonchev–Trinajstić information content (AvgIpc) is 2.78. The third-order valence-corrected chi connectivity index (χ3v) is 2.61. The molecule has 2 aromatic rings. The number of halogens is 1. The van der Waals surface area contributed by atoms with Crippen LogP contribution in [0.25, 0.3) is 5.69 Å². The summed E-state index contributed by atoms with van der Waals surface area (Å²) in [5.41, 5.74) is 1.88. The number of hydrogen-bond donors (Lipinski definition) is 0. The molecule has 1 aromatic carbocycles. The van der Waals surface area contributed by atoms with Crippen LogP contribution in [0.15, 0.2) is 24.4 Å². The van der Waals surface area contributed by atoms with Crippen molar-refractivity contribution in [3.8, 4) is 5.69 Å². The second-order valence-corrected chi connectivity index (χ2v) is 3.78. The van der Waals surface area contributed by atoms with Crippen molar-refractivity contribution >= 4 is 17.3 Å². The number of alkyl halides is 1. The van der Waals surface area contributed by atoms with Crippen molar-refractivity contribution in [3.63, 3.8) is 0 Å². The van der Waals surface area contributed by atoms with Crippen LogP contribution in [-0.2, 0) is 5.88 Å². The zero-order valence-corrected chi connectivity index (χ0v) is 9.76. The Morgan fingerprint density at radius 3 is 2.88 bits per heavy atom. The molecule has 0 unspecified atom stereocenters. The van der Waals surface area contributed by atoms with Crippen molar-refractivity contribution in [3.05, 3.63) is 45.8 Å². The summed E-state index contributed by atoms with van der Waals surface area (Å²) in [6.45, 7) is 1.69. The molecule has 7 heteroatoms. The van der Waals surface area contributed by atoms with Crippen molar-refractivity contribution in [1.82, 2.24) is 15.0 Å². The highest BCUT2D eigenvalue weighted by molar-refractivity contribution is 6.16. The van der Waals surface area contributed by atoms with E-state index in [1.807, 2.05) is 0 Å². The van der Waals surface area contributed by atoms with E-state index in [4.69, 9.17) is 11.6 Å². The minimum Gasteiger partial charge on any atom is -0.258 e. The molecule has 0 saturated heterocycles. The Morgan fingerprint density at radius 2 is 2.29 bits per heavy atom. The molecule has 0 amide bonds. The Morgan fingerprint density at radius 1 is 1.53 bits per heavy atom. The van der Waals surface area contributed by atoms with Crippen molar-refractivity contribution in [2.24, 2.45) is 0 Å². The van der Waals surface area contributed by atoms with E-state index in [0.717, 1.165) is 0 Å². The minimum absolute atomic E-state index is 0.0606. The van der Waals surface area contributed by atoms with Crippen LogP contribution in [0.5, 0.6) is 0 Å². The van der Waals surface area contributed by atoms with Crippen LogP contribution in [0.3, 0.4) is 0 Å². The zero-order valence-electron chi connectivity index (χ0n) is 9.00. The molecule has 1 aromatic heterocycles. The van der Waals surface area contributed by atoms with Crippen molar-refractivity contribution in [1.29, 1.82) is 0 Å². The summed E-state index contributed by atoms with van der Waals surface area (Å²) in [4.78, 5) is 10.4. The molecule has 0 saturated carbocycles. The first-order chi connectivity index (χ1) is 8.11. The Balaban J connectivity index is 2.46. The highest BCUT2D eigenvalue weighted by atomic mass is 35.5. The summed E-state index contributed by atoms with van der Waals surface area (Å²) in [7, 11) is 0. The fraction of sp³-hybridized carbons (Fsp3) is 0.200. The molecule has 0 fully saturated rings. The number of aromatic nitrogens is 3. The van der Waals surface area contributed by atoms with E-state index in [-0.39, 0.29) is 11.6 Å². The number of aryl methyl sites for hydroxylation is 1. The maximum absolute atomic E-state index is 10.8. The van der Waals surface area contributed by atoms with Gasteiger partial charge in [-0.25, -0.2) is 4.68 Å². The van der Waals surface area contributed by atoms with E-state index < -0.39 is 4.92 Å². The van der Waals surface area contributed by atoms with Crippen LogP contribution in [0, 0.1) is 17.0 Å². The topological polar surface area (TPSA) is 73.8 Å². The molecule has 0 radical (unpaired) electrons. The zero-order chi connectivity index (χ0) is 12.4. The van der Waals surface area contributed by atoms with Gasteiger partial charge in [0.25, 0.3) is 5.69 Å². The first-order valence-corrected chi connectivity index (χ1v) is 5.38. The highest BCUT2D eigenvalue weighted by Gasteiger charge is 2.12. The molecule has 0 aliphatic carbocycles. The highest BCUT2D eigenvalue weighted by Crippen LogP contribution is 2.21. The number of nitro benzene ring substituents is 1. The standard InChI is InChI=1S/C10H9ClN4O2/c1-7-2-3-9(4-10(7)15(16)17)14-6-8(5-11)12-13-14/h2-4,6H,5H2,1H3. The molecule has 17 heavy (non-hydrogen) atoms. The van der Waals surface area contributed by atoms with Crippen LogP contribution in [-0.4, -0.2) is 19.9 Å². The summed E-state index contributed by atoms with van der Waals surface area (Å²) >= 11 is 5.61. The molecule has 0 bridgehead atoms. The van der Waals surface area contributed by atoms with Gasteiger partial charge in [-0.2, -0.15) is 0 Å². The van der Waals surface area contributed by atoms with Gasteiger partial charge < -0.3 is 0 Å². The Kier molecular flexibility index (Phi) is 3.06. The van der Waals surface area contributed by atoms with Crippen LogP contribution >= 0.6 is 11.6 Å². The monoisotopic (exact) mass is 252 g/mol. The van der Waals surface area contributed by atoms with Gasteiger partial charge in [-0.05, 0) is 13.0 Å². The summed E-state index contributed by atoms with van der Waals surface area (Å²) in [5, 5.41) is 18.5. The predicted molar refractivity (Wildman–Crippen MR) is 62.3 cm³/mol. The fourth-order valence-corrected chi connectivity index (χ4v) is 1.55. The van der Waals surface area contributed by atoms with Crippen LogP contribution in [0.1, 0.15) is 11.3 Å². The fourth-order valence-electron chi connectivity index (χ4n) is 1.42. The van der Waals surface area contributed by atoms with E-state index in [1.165, 1.54) is 10.7 Å². The molecule has 88 valence electrons. The lowest BCUT2D eigenvalue weighted by atomic mass is 10.2. The van der Waals surface area contributed by atoms with Crippen molar-refractivity contribution < 1.29 is 4.92 Å². The minimum atomic E-state index is -0.418. The quantitative estimate of drug-likeness (QED) is 0.477. The molecular formula is C10H9ClN4O2. The van der Waals surface area contributed by atoms with E-state index in [0.29, 0.717) is 16.9 Å². The van der Waals surface area contributed by atoms with Gasteiger partial charge in [0, 0.05) is 11.6 Å². The molecule has 1 heterocycles. The van der Waals surface area contributed by atoms with Gasteiger partial charge >= 0.3 is 0 Å². The lowest BCUT2D eigenvalue weighted by Gasteiger charge is -2.01. The smallest absolute Gasteiger partial charge is 0.258 e. The number of rotatable bonds is 3. The molecule has 0 aliphatic rings. The molecule has 0 N–H and O–H groups in total. The predicted octanol–water partition coefficient (Wildman–Crippen LogP) is 2.22.